The van der Waals surface area contributed by atoms with Gasteiger partial charge in [0, 0.05) is 23.6 Å². The van der Waals surface area contributed by atoms with Gasteiger partial charge in [-0.05, 0) is 58.2 Å². The molecule has 1 N–H and O–H groups in total. The second-order valence-electron chi connectivity index (χ2n) is 9.96. The highest BCUT2D eigenvalue weighted by Crippen LogP contribution is 2.37. The van der Waals surface area contributed by atoms with E-state index in [0.717, 1.165) is 12.1 Å². The number of nitro groups is 1. The molecule has 1 heterocycles. The lowest BCUT2D eigenvalue weighted by atomic mass is 10.0. The molecule has 192 valence electrons. The SMILES string of the molecule is CC(C)(C)n1nc([C@H]2CC[C@@H](OC(=O)Oc3ccc([N+](=O)[O-])cc3)C2)cc1C(=N)C(=O)c1ccccc1. The lowest BCUT2D eigenvalue weighted by Crippen LogP contribution is -2.29. The van der Waals surface area contributed by atoms with E-state index in [0.29, 0.717) is 24.1 Å². The molecule has 0 saturated heterocycles. The normalized spacial score (nSPS) is 17.3. The van der Waals surface area contributed by atoms with Crippen LogP contribution in [0.25, 0.3) is 0 Å². The van der Waals surface area contributed by atoms with Crippen molar-refractivity contribution in [3.63, 3.8) is 0 Å². The van der Waals surface area contributed by atoms with Crippen molar-refractivity contribution < 1.29 is 24.0 Å². The Hall–Kier alpha value is -4.34. The zero-order valence-electron chi connectivity index (χ0n) is 20.8. The van der Waals surface area contributed by atoms with Crippen LogP contribution in [0, 0.1) is 15.5 Å². The molecule has 2 atom stereocenters. The molecule has 1 aliphatic carbocycles. The largest absolute Gasteiger partial charge is 0.514 e. The Balaban J connectivity index is 1.44. The van der Waals surface area contributed by atoms with Gasteiger partial charge in [-0.25, -0.2) is 4.79 Å². The van der Waals surface area contributed by atoms with Crippen molar-refractivity contribution in [2.75, 3.05) is 0 Å². The molecular formula is C27H28N4O6. The van der Waals surface area contributed by atoms with Crippen LogP contribution in [-0.2, 0) is 10.3 Å². The number of ether oxygens (including phenoxy) is 2. The number of carbonyl (C=O) groups excluding carboxylic acids is 2. The Bertz CT molecular complexity index is 1330. The van der Waals surface area contributed by atoms with Gasteiger partial charge in [0.1, 0.15) is 17.6 Å². The summed E-state index contributed by atoms with van der Waals surface area (Å²) < 4.78 is 12.3. The first-order chi connectivity index (χ1) is 17.5. The first kappa shape index (κ1) is 25.7. The summed E-state index contributed by atoms with van der Waals surface area (Å²) in [7, 11) is 0. The quantitative estimate of drug-likeness (QED) is 0.110. The van der Waals surface area contributed by atoms with E-state index in [4.69, 9.17) is 20.0 Å². The zero-order valence-corrected chi connectivity index (χ0v) is 20.8. The van der Waals surface area contributed by atoms with Crippen molar-refractivity contribution >= 4 is 23.3 Å². The Kier molecular flexibility index (Phi) is 7.19. The molecule has 37 heavy (non-hydrogen) atoms. The van der Waals surface area contributed by atoms with Gasteiger partial charge < -0.3 is 9.47 Å². The molecule has 3 aromatic rings. The topological polar surface area (TPSA) is 137 Å². The van der Waals surface area contributed by atoms with Crippen LogP contribution in [-0.4, -0.2) is 38.5 Å². The third-order valence-corrected chi connectivity index (χ3v) is 6.20. The van der Waals surface area contributed by atoms with E-state index in [9.17, 15) is 19.7 Å². The summed E-state index contributed by atoms with van der Waals surface area (Å²) in [5, 5.41) is 24.1. The van der Waals surface area contributed by atoms with Gasteiger partial charge in [0.25, 0.3) is 5.69 Å². The standard InChI is InChI=1S/C27H28N4O6/c1-27(2,3)30-23(24(28)25(32)17-7-5-4-6-8-17)16-22(29-30)18-9-12-21(15-18)37-26(33)36-20-13-10-19(11-14-20)31(34)35/h4-8,10-11,13-14,16,18,21,28H,9,12,15H2,1-3H3/t18-,21+/m0/s1. The number of carbonyl (C=O) groups is 2. The predicted octanol–water partition coefficient (Wildman–Crippen LogP) is 5.65. The molecule has 2 aromatic carbocycles. The van der Waals surface area contributed by atoms with E-state index >= 15 is 0 Å². The van der Waals surface area contributed by atoms with Crippen LogP contribution in [0.2, 0.25) is 0 Å². The van der Waals surface area contributed by atoms with Crippen molar-refractivity contribution in [3.05, 3.63) is 87.7 Å². The lowest BCUT2D eigenvalue weighted by molar-refractivity contribution is -0.384. The Morgan fingerprint density at radius 1 is 1.08 bits per heavy atom. The monoisotopic (exact) mass is 504 g/mol. The molecule has 0 unspecified atom stereocenters. The smallest absolute Gasteiger partial charge is 0.431 e. The van der Waals surface area contributed by atoms with Crippen molar-refractivity contribution in [1.29, 1.82) is 5.41 Å². The average molecular weight is 505 g/mol. The number of benzene rings is 2. The highest BCUT2D eigenvalue weighted by atomic mass is 16.7. The van der Waals surface area contributed by atoms with Crippen LogP contribution in [0.5, 0.6) is 5.75 Å². The van der Waals surface area contributed by atoms with Crippen molar-refractivity contribution in [3.8, 4) is 5.75 Å². The molecule has 4 rings (SSSR count). The highest BCUT2D eigenvalue weighted by molar-refractivity contribution is 6.50. The van der Waals surface area contributed by atoms with Crippen molar-refractivity contribution in [1.82, 2.24) is 9.78 Å². The minimum atomic E-state index is -0.879. The summed E-state index contributed by atoms with van der Waals surface area (Å²) in [5.41, 5.74) is 0.935. The van der Waals surface area contributed by atoms with Crippen LogP contribution in [0.1, 0.15) is 67.7 Å². The molecule has 1 aromatic heterocycles. The molecule has 1 fully saturated rings. The van der Waals surface area contributed by atoms with Crippen LogP contribution in [0.4, 0.5) is 10.5 Å². The number of non-ortho nitro benzene ring substituents is 1. The minimum Gasteiger partial charge on any atom is -0.431 e. The van der Waals surface area contributed by atoms with Crippen LogP contribution >= 0.6 is 0 Å². The Labute approximate surface area is 213 Å². The summed E-state index contributed by atoms with van der Waals surface area (Å²) in [4.78, 5) is 35.4. The minimum absolute atomic E-state index is 0.0147. The number of aromatic nitrogens is 2. The number of hydrogen-bond acceptors (Lipinski definition) is 8. The number of nitrogens with one attached hydrogen (secondary N) is 1. The predicted molar refractivity (Wildman–Crippen MR) is 135 cm³/mol. The lowest BCUT2D eigenvalue weighted by Gasteiger charge is -2.22. The Morgan fingerprint density at radius 3 is 2.38 bits per heavy atom. The molecule has 1 aliphatic rings. The fraction of sp³-hybridized carbons (Fsp3) is 0.333. The van der Waals surface area contributed by atoms with E-state index in [2.05, 4.69) is 0 Å². The number of nitrogens with zero attached hydrogens (tertiary/aromatic N) is 3. The summed E-state index contributed by atoms with van der Waals surface area (Å²) >= 11 is 0. The van der Waals surface area contributed by atoms with Gasteiger partial charge in [0.15, 0.2) is 0 Å². The molecule has 0 spiro atoms. The first-order valence-electron chi connectivity index (χ1n) is 11.9. The first-order valence-corrected chi connectivity index (χ1v) is 11.9. The summed E-state index contributed by atoms with van der Waals surface area (Å²) in [6.07, 6.45) is 0.587. The van der Waals surface area contributed by atoms with Gasteiger partial charge in [0.2, 0.25) is 5.78 Å². The number of nitro benzene ring substituents is 1. The number of rotatable bonds is 7. The van der Waals surface area contributed by atoms with Gasteiger partial charge in [-0.15, -0.1) is 0 Å². The van der Waals surface area contributed by atoms with Gasteiger partial charge >= 0.3 is 6.16 Å². The fourth-order valence-corrected chi connectivity index (χ4v) is 4.35. The van der Waals surface area contributed by atoms with Gasteiger partial charge in [-0.2, -0.15) is 5.10 Å². The van der Waals surface area contributed by atoms with Gasteiger partial charge in [-0.3, -0.25) is 25.0 Å². The zero-order chi connectivity index (χ0) is 26.7. The maximum atomic E-state index is 13.0. The summed E-state index contributed by atoms with van der Waals surface area (Å²) in [6, 6.07) is 15.7. The summed E-state index contributed by atoms with van der Waals surface area (Å²) in [5.74, 6) is -0.237. The van der Waals surface area contributed by atoms with Crippen molar-refractivity contribution in [2.24, 2.45) is 0 Å². The molecule has 1 saturated carbocycles. The van der Waals surface area contributed by atoms with E-state index in [1.54, 1.807) is 35.0 Å². The molecule has 0 radical (unpaired) electrons. The number of ketones is 1. The molecule has 10 heteroatoms. The second-order valence-corrected chi connectivity index (χ2v) is 9.96. The summed E-state index contributed by atoms with van der Waals surface area (Å²) in [6.45, 7) is 5.88. The third-order valence-electron chi connectivity index (χ3n) is 6.20. The molecule has 0 bridgehead atoms. The second kappa shape index (κ2) is 10.3. The average Bonchev–Trinajstić information content (AvgIpc) is 3.51. The highest BCUT2D eigenvalue weighted by Gasteiger charge is 2.33. The molecule has 0 aliphatic heterocycles. The van der Waals surface area contributed by atoms with Crippen LogP contribution < -0.4 is 4.74 Å². The molecule has 0 amide bonds. The van der Waals surface area contributed by atoms with Gasteiger partial charge in [-0.1, -0.05) is 30.3 Å². The molecular weight excluding hydrogens is 476 g/mol. The van der Waals surface area contributed by atoms with Crippen molar-refractivity contribution in [2.45, 2.75) is 57.6 Å². The number of Topliss-reactive ketones (excluding diaryl/α,β-unsaturated/α-hetero) is 1. The van der Waals surface area contributed by atoms with E-state index < -0.39 is 16.6 Å². The van der Waals surface area contributed by atoms with E-state index in [1.807, 2.05) is 26.8 Å². The fourth-order valence-electron chi connectivity index (χ4n) is 4.35. The molecule has 10 nitrogen and oxygen atoms in total. The van der Waals surface area contributed by atoms with E-state index in [1.165, 1.54) is 24.3 Å². The Morgan fingerprint density at radius 2 is 1.76 bits per heavy atom. The maximum absolute atomic E-state index is 13.0. The number of hydrogen-bond donors (Lipinski definition) is 1. The van der Waals surface area contributed by atoms with Crippen LogP contribution in [0.3, 0.4) is 0 Å². The van der Waals surface area contributed by atoms with Gasteiger partial charge in [0.05, 0.1) is 21.9 Å². The third kappa shape index (κ3) is 5.91. The van der Waals surface area contributed by atoms with Crippen LogP contribution in [0.15, 0.2) is 60.7 Å². The van der Waals surface area contributed by atoms with E-state index in [-0.39, 0.29) is 35.0 Å². The maximum Gasteiger partial charge on any atom is 0.514 e.